The number of benzene rings is 3. The molecule has 0 unspecified atom stereocenters. The number of hydrogen-bond acceptors (Lipinski definition) is 4. The summed E-state index contributed by atoms with van der Waals surface area (Å²) < 4.78 is 23.0. The van der Waals surface area contributed by atoms with Crippen molar-refractivity contribution >= 4 is 0 Å². The zero-order valence-corrected chi connectivity index (χ0v) is 25.5. The summed E-state index contributed by atoms with van der Waals surface area (Å²) in [6, 6.07) is 21.2. The Morgan fingerprint density at radius 1 is 0.667 bits per heavy atom. The third-order valence-corrected chi connectivity index (χ3v) is 8.13. The third-order valence-electron chi connectivity index (χ3n) is 8.13. The standard InChI is InChI=1S/C38H46O4/c1-3-4-5-6-7-8-22-42-35-18-20-37-33(26-35)25-32-24-31(15-19-36(32)37)12-11-30-13-16-34(17-14-30)41-23-10-9-21-39-27-38(2)28-40-29-38/h13-20,24,26H,3-10,21-23,25,27-29H2,1-2H3. The van der Waals surface area contributed by atoms with Gasteiger partial charge in [0.15, 0.2) is 0 Å². The van der Waals surface area contributed by atoms with Crippen LogP contribution in [0.15, 0.2) is 60.7 Å². The van der Waals surface area contributed by atoms with E-state index in [2.05, 4.69) is 62.1 Å². The van der Waals surface area contributed by atoms with Crippen molar-refractivity contribution in [3.05, 3.63) is 82.9 Å². The van der Waals surface area contributed by atoms with Gasteiger partial charge in [-0.15, -0.1) is 0 Å². The molecule has 2 aliphatic rings. The van der Waals surface area contributed by atoms with E-state index in [-0.39, 0.29) is 5.41 Å². The quantitative estimate of drug-likeness (QED) is 0.101. The minimum atomic E-state index is 0.222. The Morgan fingerprint density at radius 3 is 2.02 bits per heavy atom. The van der Waals surface area contributed by atoms with Gasteiger partial charge in [-0.3, -0.25) is 0 Å². The molecule has 1 aliphatic heterocycles. The highest BCUT2D eigenvalue weighted by Gasteiger charge is 2.33. The average Bonchev–Trinajstić information content (AvgIpc) is 3.35. The molecule has 0 spiro atoms. The monoisotopic (exact) mass is 566 g/mol. The summed E-state index contributed by atoms with van der Waals surface area (Å²) in [5, 5.41) is 0. The van der Waals surface area contributed by atoms with Crippen LogP contribution < -0.4 is 9.47 Å². The van der Waals surface area contributed by atoms with E-state index in [1.54, 1.807) is 0 Å². The second-order valence-electron chi connectivity index (χ2n) is 12.2. The number of ether oxygens (including phenoxy) is 4. The maximum atomic E-state index is 6.07. The fraction of sp³-hybridized carbons (Fsp3) is 0.474. The smallest absolute Gasteiger partial charge is 0.119 e. The molecule has 0 aromatic heterocycles. The fourth-order valence-corrected chi connectivity index (χ4v) is 5.55. The second-order valence-corrected chi connectivity index (χ2v) is 12.2. The normalized spacial score (nSPS) is 14.3. The minimum absolute atomic E-state index is 0.222. The van der Waals surface area contributed by atoms with Crippen LogP contribution in [0.5, 0.6) is 11.5 Å². The van der Waals surface area contributed by atoms with Crippen molar-refractivity contribution in [3.63, 3.8) is 0 Å². The highest BCUT2D eigenvalue weighted by atomic mass is 16.5. The lowest BCUT2D eigenvalue weighted by Gasteiger charge is -2.37. The summed E-state index contributed by atoms with van der Waals surface area (Å²) in [5.41, 5.74) is 7.57. The van der Waals surface area contributed by atoms with Crippen molar-refractivity contribution in [3.8, 4) is 34.5 Å². The van der Waals surface area contributed by atoms with Gasteiger partial charge in [0.1, 0.15) is 11.5 Å². The molecule has 0 saturated carbocycles. The highest BCUT2D eigenvalue weighted by Crippen LogP contribution is 2.38. The molecule has 1 saturated heterocycles. The van der Waals surface area contributed by atoms with Crippen LogP contribution in [0.3, 0.4) is 0 Å². The summed E-state index contributed by atoms with van der Waals surface area (Å²) in [7, 11) is 0. The fourth-order valence-electron chi connectivity index (χ4n) is 5.55. The first-order valence-electron chi connectivity index (χ1n) is 15.9. The number of hydrogen-bond donors (Lipinski definition) is 0. The molecule has 4 heteroatoms. The van der Waals surface area contributed by atoms with Crippen LogP contribution in [-0.4, -0.2) is 39.6 Å². The maximum Gasteiger partial charge on any atom is 0.119 e. The maximum absolute atomic E-state index is 6.07. The van der Waals surface area contributed by atoms with Crippen LogP contribution in [0.4, 0.5) is 0 Å². The molecule has 0 atom stereocenters. The summed E-state index contributed by atoms with van der Waals surface area (Å²) in [4.78, 5) is 0. The lowest BCUT2D eigenvalue weighted by atomic mass is 9.90. The molecule has 1 fully saturated rings. The van der Waals surface area contributed by atoms with Crippen LogP contribution in [0.2, 0.25) is 0 Å². The molecule has 3 aromatic carbocycles. The Labute approximate surface area is 252 Å². The molecular weight excluding hydrogens is 520 g/mol. The Kier molecular flexibility index (Phi) is 11.0. The molecule has 4 nitrogen and oxygen atoms in total. The molecule has 222 valence electrons. The van der Waals surface area contributed by atoms with Gasteiger partial charge in [0.05, 0.1) is 33.0 Å². The van der Waals surface area contributed by atoms with Gasteiger partial charge < -0.3 is 18.9 Å². The largest absolute Gasteiger partial charge is 0.494 e. The molecule has 0 N–H and O–H groups in total. The summed E-state index contributed by atoms with van der Waals surface area (Å²) >= 11 is 0. The van der Waals surface area contributed by atoms with E-state index in [1.807, 2.05) is 24.3 Å². The molecule has 42 heavy (non-hydrogen) atoms. The Bertz CT molecular complexity index is 1340. The van der Waals surface area contributed by atoms with Gasteiger partial charge in [-0.1, -0.05) is 69.9 Å². The molecule has 5 rings (SSSR count). The van der Waals surface area contributed by atoms with E-state index >= 15 is 0 Å². The van der Waals surface area contributed by atoms with Crippen molar-refractivity contribution in [2.24, 2.45) is 5.41 Å². The van der Waals surface area contributed by atoms with Gasteiger partial charge in [-0.25, -0.2) is 0 Å². The lowest BCUT2D eigenvalue weighted by Crippen LogP contribution is -2.43. The van der Waals surface area contributed by atoms with Gasteiger partial charge in [0.2, 0.25) is 0 Å². The third kappa shape index (κ3) is 8.63. The van der Waals surface area contributed by atoms with Crippen molar-refractivity contribution in [2.45, 2.75) is 71.6 Å². The summed E-state index contributed by atoms with van der Waals surface area (Å²) in [5.74, 6) is 8.54. The topological polar surface area (TPSA) is 36.9 Å². The van der Waals surface area contributed by atoms with Crippen molar-refractivity contribution in [1.82, 2.24) is 0 Å². The minimum Gasteiger partial charge on any atom is -0.494 e. The van der Waals surface area contributed by atoms with Gasteiger partial charge in [0.25, 0.3) is 0 Å². The SMILES string of the molecule is CCCCCCCCOc1ccc2c(c1)Cc1cc(C#Cc3ccc(OCCCCOCC4(C)COC4)cc3)ccc1-2. The van der Waals surface area contributed by atoms with E-state index in [4.69, 9.17) is 18.9 Å². The molecule has 3 aromatic rings. The lowest BCUT2D eigenvalue weighted by molar-refractivity contribution is -0.138. The number of unbranched alkanes of at least 4 members (excludes halogenated alkanes) is 6. The van der Waals surface area contributed by atoms with E-state index in [9.17, 15) is 0 Å². The van der Waals surface area contributed by atoms with Crippen molar-refractivity contribution in [1.29, 1.82) is 0 Å². The Balaban J connectivity index is 1.04. The van der Waals surface area contributed by atoms with E-state index in [0.29, 0.717) is 6.61 Å². The van der Waals surface area contributed by atoms with Crippen LogP contribution in [0, 0.1) is 17.3 Å². The first-order valence-corrected chi connectivity index (χ1v) is 15.9. The van der Waals surface area contributed by atoms with Crippen molar-refractivity contribution in [2.75, 3.05) is 39.6 Å². The summed E-state index contributed by atoms with van der Waals surface area (Å²) in [6.07, 6.45) is 10.6. The van der Waals surface area contributed by atoms with E-state index < -0.39 is 0 Å². The molecule has 0 radical (unpaired) electrons. The van der Waals surface area contributed by atoms with Crippen molar-refractivity contribution < 1.29 is 18.9 Å². The van der Waals surface area contributed by atoms with E-state index in [1.165, 1.54) is 54.4 Å². The number of rotatable bonds is 16. The molecular formula is C38H46O4. The van der Waals surface area contributed by atoms with Crippen LogP contribution in [-0.2, 0) is 15.9 Å². The van der Waals surface area contributed by atoms with Gasteiger partial charge in [-0.2, -0.15) is 0 Å². The van der Waals surface area contributed by atoms with Crippen LogP contribution >= 0.6 is 0 Å². The zero-order valence-electron chi connectivity index (χ0n) is 25.5. The van der Waals surface area contributed by atoms with Gasteiger partial charge >= 0.3 is 0 Å². The van der Waals surface area contributed by atoms with Crippen LogP contribution in [0.1, 0.15) is 87.5 Å². The molecule has 1 heterocycles. The zero-order chi connectivity index (χ0) is 29.0. The van der Waals surface area contributed by atoms with Gasteiger partial charge in [0, 0.05) is 23.1 Å². The first-order chi connectivity index (χ1) is 20.6. The molecule has 0 amide bonds. The predicted octanol–water partition coefficient (Wildman–Crippen LogP) is 8.61. The van der Waals surface area contributed by atoms with Crippen LogP contribution in [0.25, 0.3) is 11.1 Å². The summed E-state index contributed by atoms with van der Waals surface area (Å²) in [6.45, 7) is 9.15. The van der Waals surface area contributed by atoms with E-state index in [0.717, 1.165) is 81.3 Å². The highest BCUT2D eigenvalue weighted by molar-refractivity contribution is 5.78. The second kappa shape index (κ2) is 15.3. The molecule has 1 aliphatic carbocycles. The number of fused-ring (bicyclic) bond motifs is 3. The Morgan fingerprint density at radius 2 is 1.26 bits per heavy atom. The average molecular weight is 567 g/mol. The van der Waals surface area contributed by atoms with Gasteiger partial charge in [-0.05, 0) is 96.5 Å². The first kappa shape index (κ1) is 30.2. The Hall–Kier alpha value is -3.26. The molecule has 0 bridgehead atoms. The predicted molar refractivity (Wildman–Crippen MR) is 170 cm³/mol.